The van der Waals surface area contributed by atoms with Gasteiger partial charge < -0.3 is 10.6 Å². The van der Waals surface area contributed by atoms with Crippen molar-refractivity contribution in [2.45, 2.75) is 38.8 Å². The molecule has 0 saturated carbocycles. The molecule has 2 heterocycles. The van der Waals surface area contributed by atoms with E-state index >= 15 is 0 Å². The molecule has 1 amide bonds. The van der Waals surface area contributed by atoms with Gasteiger partial charge in [-0.2, -0.15) is 0 Å². The van der Waals surface area contributed by atoms with Crippen LogP contribution in [-0.4, -0.2) is 23.5 Å². The van der Waals surface area contributed by atoms with Gasteiger partial charge in [0.15, 0.2) is 0 Å². The van der Waals surface area contributed by atoms with Gasteiger partial charge in [0, 0.05) is 11.1 Å². The summed E-state index contributed by atoms with van der Waals surface area (Å²) in [6.07, 6.45) is 3.26. The number of hydrogen-bond acceptors (Lipinski definition) is 4. The van der Waals surface area contributed by atoms with E-state index in [2.05, 4.69) is 15.6 Å². The lowest BCUT2D eigenvalue weighted by Crippen LogP contribution is -2.46. The molecule has 0 aliphatic carbocycles. The Morgan fingerprint density at radius 1 is 1.69 bits per heavy atom. The average Bonchev–Trinajstić information content (AvgIpc) is 2.73. The molecule has 0 aromatic carbocycles. The van der Waals surface area contributed by atoms with Crippen molar-refractivity contribution in [3.05, 3.63) is 16.1 Å². The summed E-state index contributed by atoms with van der Waals surface area (Å²) < 4.78 is 0. The topological polar surface area (TPSA) is 54.0 Å². The summed E-state index contributed by atoms with van der Waals surface area (Å²) in [5.74, 6) is 0.104. The zero-order chi connectivity index (χ0) is 11.4. The maximum atomic E-state index is 11.8. The van der Waals surface area contributed by atoms with E-state index in [1.165, 1.54) is 6.42 Å². The van der Waals surface area contributed by atoms with Crippen LogP contribution in [0.25, 0.3) is 0 Å². The minimum atomic E-state index is -0.00481. The van der Waals surface area contributed by atoms with Crippen molar-refractivity contribution >= 4 is 17.2 Å². The maximum absolute atomic E-state index is 11.8. The normalized spacial score (nSPS) is 20.7. The lowest BCUT2D eigenvalue weighted by atomic mass is 10.0. The zero-order valence-corrected chi connectivity index (χ0v) is 10.3. The molecule has 0 radical (unpaired) electrons. The van der Waals surface area contributed by atoms with E-state index in [0.29, 0.717) is 6.54 Å². The third-order valence-corrected chi connectivity index (χ3v) is 3.67. The molecular weight excluding hydrogens is 222 g/mol. The van der Waals surface area contributed by atoms with Gasteiger partial charge in [-0.25, -0.2) is 4.98 Å². The number of aromatic nitrogens is 1. The summed E-state index contributed by atoms with van der Waals surface area (Å²) >= 11 is 1.59. The number of carbonyl (C=O) groups excluding carboxylic acids is 1. The van der Waals surface area contributed by atoms with Crippen LogP contribution in [0.2, 0.25) is 0 Å². The summed E-state index contributed by atoms with van der Waals surface area (Å²) in [5.41, 5.74) is 1.02. The predicted octanol–water partition coefficient (Wildman–Crippen LogP) is 1.21. The van der Waals surface area contributed by atoms with Gasteiger partial charge in [-0.3, -0.25) is 4.79 Å². The van der Waals surface area contributed by atoms with Gasteiger partial charge in [0.05, 0.1) is 12.6 Å². The molecule has 1 aromatic heterocycles. The van der Waals surface area contributed by atoms with Crippen LogP contribution in [-0.2, 0) is 11.3 Å². The predicted molar refractivity (Wildman–Crippen MR) is 64.3 cm³/mol. The van der Waals surface area contributed by atoms with Crippen molar-refractivity contribution in [2.24, 2.45) is 0 Å². The molecule has 88 valence electrons. The van der Waals surface area contributed by atoms with Gasteiger partial charge in [0.1, 0.15) is 5.01 Å². The highest BCUT2D eigenvalue weighted by Crippen LogP contribution is 2.09. The second-order valence-corrected chi connectivity index (χ2v) is 5.05. The molecule has 2 N–H and O–H groups in total. The van der Waals surface area contributed by atoms with Crippen LogP contribution >= 0.6 is 11.3 Å². The van der Waals surface area contributed by atoms with Crippen LogP contribution in [0.3, 0.4) is 0 Å². The standard InChI is InChI=1S/C11H17N3OS/c1-8-7-16-10(14-8)6-13-11(15)9-4-2-3-5-12-9/h7,9,12H,2-6H2,1H3,(H,13,15)/t9-/m1/s1. The highest BCUT2D eigenvalue weighted by atomic mass is 32.1. The Balaban J connectivity index is 1.78. The van der Waals surface area contributed by atoms with Gasteiger partial charge in [-0.05, 0) is 26.3 Å². The van der Waals surface area contributed by atoms with Crippen molar-refractivity contribution in [3.63, 3.8) is 0 Å². The van der Waals surface area contributed by atoms with Gasteiger partial charge >= 0.3 is 0 Å². The first-order chi connectivity index (χ1) is 7.75. The number of nitrogens with one attached hydrogen (secondary N) is 2. The van der Waals surface area contributed by atoms with Crippen molar-refractivity contribution in [2.75, 3.05) is 6.54 Å². The number of nitrogens with zero attached hydrogens (tertiary/aromatic N) is 1. The summed E-state index contributed by atoms with van der Waals surface area (Å²) in [6, 6.07) is -0.00481. The molecule has 4 nitrogen and oxygen atoms in total. The van der Waals surface area contributed by atoms with E-state index in [1.807, 2.05) is 12.3 Å². The van der Waals surface area contributed by atoms with Crippen molar-refractivity contribution < 1.29 is 4.79 Å². The Kier molecular flexibility index (Phi) is 3.90. The Bertz CT molecular complexity index is 358. The molecule has 1 saturated heterocycles. The Morgan fingerprint density at radius 2 is 2.56 bits per heavy atom. The molecule has 5 heteroatoms. The fraction of sp³-hybridized carbons (Fsp3) is 0.636. The Morgan fingerprint density at radius 3 is 3.19 bits per heavy atom. The molecule has 1 aromatic rings. The fourth-order valence-electron chi connectivity index (χ4n) is 1.85. The molecule has 1 fully saturated rings. The minimum absolute atomic E-state index is 0.00481. The summed E-state index contributed by atoms with van der Waals surface area (Å²) in [5, 5.41) is 9.13. The average molecular weight is 239 g/mol. The fourth-order valence-corrected chi connectivity index (χ4v) is 2.56. The molecule has 0 unspecified atom stereocenters. The number of thiazole rings is 1. The lowest BCUT2D eigenvalue weighted by molar-refractivity contribution is -0.123. The van der Waals surface area contributed by atoms with Crippen molar-refractivity contribution in [1.29, 1.82) is 0 Å². The minimum Gasteiger partial charge on any atom is -0.348 e. The van der Waals surface area contributed by atoms with Crippen LogP contribution in [0.1, 0.15) is 30.0 Å². The van der Waals surface area contributed by atoms with Crippen LogP contribution < -0.4 is 10.6 Å². The first kappa shape index (κ1) is 11.5. The van der Waals surface area contributed by atoms with E-state index in [-0.39, 0.29) is 11.9 Å². The number of amides is 1. The number of hydrogen-bond donors (Lipinski definition) is 2. The highest BCUT2D eigenvalue weighted by Gasteiger charge is 2.19. The SMILES string of the molecule is Cc1csc(CNC(=O)[C@H]2CCCCN2)n1. The summed E-state index contributed by atoms with van der Waals surface area (Å²) in [6.45, 7) is 3.47. The molecular formula is C11H17N3OS. The van der Waals surface area contributed by atoms with Crippen LogP contribution in [0.15, 0.2) is 5.38 Å². The van der Waals surface area contributed by atoms with E-state index in [0.717, 1.165) is 30.1 Å². The second-order valence-electron chi connectivity index (χ2n) is 4.10. The Labute approximate surface area is 99.5 Å². The first-order valence-electron chi connectivity index (χ1n) is 5.68. The van der Waals surface area contributed by atoms with Crippen molar-refractivity contribution in [1.82, 2.24) is 15.6 Å². The van der Waals surface area contributed by atoms with Crippen LogP contribution in [0.5, 0.6) is 0 Å². The van der Waals surface area contributed by atoms with Crippen LogP contribution in [0.4, 0.5) is 0 Å². The Hall–Kier alpha value is -0.940. The molecule has 0 spiro atoms. The van der Waals surface area contributed by atoms with E-state index in [9.17, 15) is 4.79 Å². The maximum Gasteiger partial charge on any atom is 0.237 e. The molecule has 1 aliphatic heterocycles. The zero-order valence-electron chi connectivity index (χ0n) is 9.45. The number of aryl methyl sites for hydroxylation is 1. The van der Waals surface area contributed by atoms with Crippen molar-refractivity contribution in [3.8, 4) is 0 Å². The van der Waals surface area contributed by atoms with E-state index < -0.39 is 0 Å². The first-order valence-corrected chi connectivity index (χ1v) is 6.56. The summed E-state index contributed by atoms with van der Waals surface area (Å²) in [4.78, 5) is 16.1. The van der Waals surface area contributed by atoms with Gasteiger partial charge in [0.25, 0.3) is 0 Å². The second kappa shape index (κ2) is 5.41. The third kappa shape index (κ3) is 3.02. The number of piperidine rings is 1. The highest BCUT2D eigenvalue weighted by molar-refractivity contribution is 7.09. The third-order valence-electron chi connectivity index (χ3n) is 2.71. The smallest absolute Gasteiger partial charge is 0.237 e. The quantitative estimate of drug-likeness (QED) is 0.833. The molecule has 1 atom stereocenters. The lowest BCUT2D eigenvalue weighted by Gasteiger charge is -2.22. The largest absolute Gasteiger partial charge is 0.348 e. The van der Waals surface area contributed by atoms with E-state index in [1.54, 1.807) is 11.3 Å². The molecule has 16 heavy (non-hydrogen) atoms. The summed E-state index contributed by atoms with van der Waals surface area (Å²) in [7, 11) is 0. The molecule has 2 rings (SSSR count). The van der Waals surface area contributed by atoms with E-state index in [4.69, 9.17) is 0 Å². The van der Waals surface area contributed by atoms with Gasteiger partial charge in [0.2, 0.25) is 5.91 Å². The van der Waals surface area contributed by atoms with Crippen LogP contribution in [0, 0.1) is 6.92 Å². The van der Waals surface area contributed by atoms with Gasteiger partial charge in [-0.1, -0.05) is 6.42 Å². The molecule has 1 aliphatic rings. The monoisotopic (exact) mass is 239 g/mol. The number of carbonyl (C=O) groups is 1. The molecule has 0 bridgehead atoms. The van der Waals surface area contributed by atoms with Gasteiger partial charge in [-0.15, -0.1) is 11.3 Å². The number of rotatable bonds is 3.